The van der Waals surface area contributed by atoms with E-state index in [1.165, 1.54) is 22.3 Å². The molecule has 0 aliphatic heterocycles. The van der Waals surface area contributed by atoms with Crippen molar-refractivity contribution in [3.05, 3.63) is 35.0 Å². The van der Waals surface area contributed by atoms with Gasteiger partial charge in [-0.05, 0) is 41.5 Å². The van der Waals surface area contributed by atoms with Gasteiger partial charge in [-0.15, -0.1) is 0 Å². The molecule has 0 aliphatic carbocycles. The van der Waals surface area contributed by atoms with Crippen LogP contribution in [0.5, 0.6) is 0 Å². The van der Waals surface area contributed by atoms with Crippen LogP contribution in [0.15, 0.2) is 18.3 Å². The standard InChI is InChI=1S/C15H21N3/c1-9-6-11(15(3,4)5)7-10(2)13(9)12-8-17-18-14(12)16/h6-8H,1-5H3,(H3,16,17,18). The summed E-state index contributed by atoms with van der Waals surface area (Å²) in [5.74, 6) is 0.629. The molecule has 0 saturated carbocycles. The number of rotatable bonds is 1. The minimum Gasteiger partial charge on any atom is -0.384 e. The second kappa shape index (κ2) is 4.16. The van der Waals surface area contributed by atoms with E-state index in [1.54, 1.807) is 6.20 Å². The van der Waals surface area contributed by atoms with E-state index in [4.69, 9.17) is 5.73 Å². The molecule has 96 valence electrons. The third-order valence-corrected chi connectivity index (χ3v) is 3.34. The Bertz CT molecular complexity index is 551. The van der Waals surface area contributed by atoms with Crippen LogP contribution >= 0.6 is 0 Å². The summed E-state index contributed by atoms with van der Waals surface area (Å²) in [6.45, 7) is 10.9. The van der Waals surface area contributed by atoms with Gasteiger partial charge in [-0.25, -0.2) is 0 Å². The average Bonchev–Trinajstić information content (AvgIpc) is 2.62. The van der Waals surface area contributed by atoms with E-state index >= 15 is 0 Å². The van der Waals surface area contributed by atoms with Crippen LogP contribution < -0.4 is 5.73 Å². The highest BCUT2D eigenvalue weighted by Crippen LogP contribution is 2.34. The molecule has 0 bridgehead atoms. The molecule has 1 aromatic heterocycles. The van der Waals surface area contributed by atoms with Crippen LogP contribution in [-0.2, 0) is 5.41 Å². The largest absolute Gasteiger partial charge is 0.384 e. The number of aromatic amines is 1. The maximum absolute atomic E-state index is 5.92. The fraction of sp³-hybridized carbons (Fsp3) is 0.400. The lowest BCUT2D eigenvalue weighted by Gasteiger charge is -2.22. The number of nitrogens with one attached hydrogen (secondary N) is 1. The molecule has 1 aromatic carbocycles. The molecule has 0 atom stereocenters. The van der Waals surface area contributed by atoms with E-state index < -0.39 is 0 Å². The van der Waals surface area contributed by atoms with Crippen molar-refractivity contribution in [2.75, 3.05) is 5.73 Å². The summed E-state index contributed by atoms with van der Waals surface area (Å²) in [6, 6.07) is 4.49. The number of nitrogen functional groups attached to an aromatic ring is 1. The van der Waals surface area contributed by atoms with Gasteiger partial charge in [0.2, 0.25) is 0 Å². The number of benzene rings is 1. The first-order valence-electron chi connectivity index (χ1n) is 6.21. The topological polar surface area (TPSA) is 54.7 Å². The van der Waals surface area contributed by atoms with Crippen molar-refractivity contribution < 1.29 is 0 Å². The highest BCUT2D eigenvalue weighted by atomic mass is 15.1. The van der Waals surface area contributed by atoms with Gasteiger partial charge in [0.05, 0.1) is 6.20 Å². The molecule has 1 heterocycles. The molecule has 2 rings (SSSR count). The number of H-pyrrole nitrogens is 1. The van der Waals surface area contributed by atoms with Gasteiger partial charge in [-0.1, -0.05) is 32.9 Å². The molecule has 0 unspecified atom stereocenters. The van der Waals surface area contributed by atoms with Gasteiger partial charge in [0, 0.05) is 5.56 Å². The first-order chi connectivity index (χ1) is 8.30. The Hall–Kier alpha value is -1.77. The maximum atomic E-state index is 5.92. The van der Waals surface area contributed by atoms with Crippen LogP contribution in [0.1, 0.15) is 37.5 Å². The molecule has 0 radical (unpaired) electrons. The van der Waals surface area contributed by atoms with Gasteiger partial charge in [0.1, 0.15) is 5.82 Å². The summed E-state index contributed by atoms with van der Waals surface area (Å²) >= 11 is 0. The van der Waals surface area contributed by atoms with Gasteiger partial charge >= 0.3 is 0 Å². The zero-order valence-corrected chi connectivity index (χ0v) is 11.8. The summed E-state index contributed by atoms with van der Waals surface area (Å²) in [7, 11) is 0. The van der Waals surface area contributed by atoms with E-state index in [0.29, 0.717) is 5.82 Å². The van der Waals surface area contributed by atoms with E-state index in [2.05, 4.69) is 56.9 Å². The van der Waals surface area contributed by atoms with E-state index in [1.807, 2.05) is 0 Å². The molecule has 3 heteroatoms. The molecule has 2 aromatic rings. The molecular formula is C15H21N3. The Morgan fingerprint density at radius 2 is 1.67 bits per heavy atom. The van der Waals surface area contributed by atoms with Gasteiger partial charge in [-0.3, -0.25) is 5.10 Å². The predicted molar refractivity (Wildman–Crippen MR) is 76.6 cm³/mol. The molecule has 0 saturated heterocycles. The second-order valence-corrected chi connectivity index (χ2v) is 5.93. The molecule has 3 nitrogen and oxygen atoms in total. The molecule has 3 N–H and O–H groups in total. The third kappa shape index (κ3) is 2.13. The number of hydrogen-bond acceptors (Lipinski definition) is 2. The van der Waals surface area contributed by atoms with Gasteiger partial charge in [-0.2, -0.15) is 5.10 Å². The molecule has 0 amide bonds. The lowest BCUT2D eigenvalue weighted by atomic mass is 9.83. The molecule has 18 heavy (non-hydrogen) atoms. The Morgan fingerprint density at radius 1 is 1.11 bits per heavy atom. The van der Waals surface area contributed by atoms with Crippen molar-refractivity contribution in [2.45, 2.75) is 40.0 Å². The number of aryl methyl sites for hydroxylation is 2. The van der Waals surface area contributed by atoms with Crippen LogP contribution in [0.3, 0.4) is 0 Å². The Morgan fingerprint density at radius 3 is 2.06 bits per heavy atom. The number of hydrogen-bond donors (Lipinski definition) is 2. The average molecular weight is 243 g/mol. The van der Waals surface area contributed by atoms with Crippen molar-refractivity contribution in [3.8, 4) is 11.1 Å². The van der Waals surface area contributed by atoms with E-state index in [-0.39, 0.29) is 5.41 Å². The Labute approximate surface area is 108 Å². The van der Waals surface area contributed by atoms with Crippen LogP contribution in [0.4, 0.5) is 5.82 Å². The van der Waals surface area contributed by atoms with Crippen molar-refractivity contribution in [2.24, 2.45) is 0 Å². The van der Waals surface area contributed by atoms with Crippen molar-refractivity contribution in [3.63, 3.8) is 0 Å². The predicted octanol–water partition coefficient (Wildman–Crippen LogP) is 3.57. The fourth-order valence-electron chi connectivity index (χ4n) is 2.32. The van der Waals surface area contributed by atoms with E-state index in [9.17, 15) is 0 Å². The lowest BCUT2D eigenvalue weighted by Crippen LogP contribution is -2.12. The zero-order chi connectivity index (χ0) is 13.5. The summed E-state index contributed by atoms with van der Waals surface area (Å²) < 4.78 is 0. The normalized spacial score (nSPS) is 11.8. The minimum absolute atomic E-state index is 0.163. The van der Waals surface area contributed by atoms with Crippen LogP contribution in [-0.4, -0.2) is 10.2 Å². The highest BCUT2D eigenvalue weighted by molar-refractivity contribution is 5.78. The quantitative estimate of drug-likeness (QED) is 0.804. The first-order valence-corrected chi connectivity index (χ1v) is 6.21. The van der Waals surface area contributed by atoms with Crippen LogP contribution in [0, 0.1) is 13.8 Å². The van der Waals surface area contributed by atoms with Crippen molar-refractivity contribution >= 4 is 5.82 Å². The Kier molecular flexibility index (Phi) is 2.93. The zero-order valence-electron chi connectivity index (χ0n) is 11.8. The smallest absolute Gasteiger partial charge is 0.126 e. The minimum atomic E-state index is 0.163. The Balaban J connectivity index is 2.62. The number of anilines is 1. The van der Waals surface area contributed by atoms with Gasteiger partial charge in [0.15, 0.2) is 0 Å². The lowest BCUT2D eigenvalue weighted by molar-refractivity contribution is 0.589. The molecule has 0 aliphatic rings. The molecule has 0 fully saturated rings. The van der Waals surface area contributed by atoms with Crippen molar-refractivity contribution in [1.82, 2.24) is 10.2 Å². The summed E-state index contributed by atoms with van der Waals surface area (Å²) in [4.78, 5) is 0. The van der Waals surface area contributed by atoms with Crippen LogP contribution in [0.25, 0.3) is 11.1 Å². The van der Waals surface area contributed by atoms with Gasteiger partial charge < -0.3 is 5.73 Å². The summed E-state index contributed by atoms with van der Waals surface area (Å²) in [6.07, 6.45) is 1.79. The summed E-state index contributed by atoms with van der Waals surface area (Å²) in [5, 5.41) is 6.80. The second-order valence-electron chi connectivity index (χ2n) is 5.93. The van der Waals surface area contributed by atoms with Crippen LogP contribution in [0.2, 0.25) is 0 Å². The fourth-order valence-corrected chi connectivity index (χ4v) is 2.32. The highest BCUT2D eigenvalue weighted by Gasteiger charge is 2.18. The molecular weight excluding hydrogens is 222 g/mol. The van der Waals surface area contributed by atoms with E-state index in [0.717, 1.165) is 5.56 Å². The SMILES string of the molecule is Cc1cc(C(C)(C)C)cc(C)c1-c1cn[nH]c1N. The van der Waals surface area contributed by atoms with Crippen molar-refractivity contribution in [1.29, 1.82) is 0 Å². The molecule has 0 spiro atoms. The van der Waals surface area contributed by atoms with Gasteiger partial charge in [0.25, 0.3) is 0 Å². The first kappa shape index (κ1) is 12.7. The summed E-state index contributed by atoms with van der Waals surface area (Å²) in [5.41, 5.74) is 12.1. The number of nitrogens with two attached hydrogens (primary N) is 1. The monoisotopic (exact) mass is 243 g/mol. The third-order valence-electron chi connectivity index (χ3n) is 3.34. The maximum Gasteiger partial charge on any atom is 0.126 e. The number of aromatic nitrogens is 2. The number of nitrogens with zero attached hydrogens (tertiary/aromatic N) is 1.